The number of methoxy groups -OCH3 is 3. The lowest BCUT2D eigenvalue weighted by molar-refractivity contribution is -0.0914. The number of aromatic nitrogens is 2. The van der Waals surface area contributed by atoms with Gasteiger partial charge in [-0.3, -0.25) is 0 Å². The summed E-state index contributed by atoms with van der Waals surface area (Å²) in [7, 11) is 4.81. The maximum atomic E-state index is 5.05. The van der Waals surface area contributed by atoms with E-state index in [0.717, 1.165) is 11.5 Å². The Kier molecular flexibility index (Phi) is 5.69. The molecule has 0 radical (unpaired) electrons. The van der Waals surface area contributed by atoms with Crippen molar-refractivity contribution in [1.29, 1.82) is 0 Å². The monoisotopic (exact) mass is 227 g/mol. The Morgan fingerprint density at radius 3 is 2.62 bits per heavy atom. The highest BCUT2D eigenvalue weighted by Crippen LogP contribution is 2.05. The molecule has 1 N–H and O–H groups in total. The van der Waals surface area contributed by atoms with Crippen molar-refractivity contribution in [3.05, 3.63) is 18.1 Å². The second-order valence-corrected chi connectivity index (χ2v) is 3.11. The largest absolute Gasteiger partial charge is 0.378 e. The van der Waals surface area contributed by atoms with Crippen molar-refractivity contribution in [1.82, 2.24) is 9.97 Å². The number of rotatable bonds is 7. The molecule has 0 aliphatic heterocycles. The lowest BCUT2D eigenvalue weighted by Gasteiger charge is -2.14. The second kappa shape index (κ2) is 7.10. The number of anilines is 1. The third-order valence-electron chi connectivity index (χ3n) is 1.99. The number of nitrogens with zero attached hydrogens (tertiary/aromatic N) is 2. The zero-order chi connectivity index (χ0) is 11.8. The molecular weight excluding hydrogens is 210 g/mol. The summed E-state index contributed by atoms with van der Waals surface area (Å²) in [5, 5.41) is 3.09. The molecule has 1 aromatic rings. The van der Waals surface area contributed by atoms with Crippen molar-refractivity contribution in [2.75, 3.05) is 33.2 Å². The molecule has 0 spiro atoms. The van der Waals surface area contributed by atoms with Crippen LogP contribution in [-0.2, 0) is 20.8 Å². The summed E-state index contributed by atoms with van der Waals surface area (Å²) in [6.07, 6.45) is 1.20. The van der Waals surface area contributed by atoms with E-state index in [9.17, 15) is 0 Å². The highest BCUT2D eigenvalue weighted by Gasteiger charge is 2.05. The predicted molar refractivity (Wildman–Crippen MR) is 59.0 cm³/mol. The first-order valence-corrected chi connectivity index (χ1v) is 4.89. The number of hydrogen-bond acceptors (Lipinski definition) is 6. The smallest absolute Gasteiger partial charge is 0.173 e. The van der Waals surface area contributed by atoms with Crippen LogP contribution in [0, 0.1) is 0 Å². The van der Waals surface area contributed by atoms with E-state index in [1.807, 2.05) is 6.07 Å². The average molecular weight is 227 g/mol. The number of nitrogens with one attached hydrogen (secondary N) is 1. The standard InChI is InChI=1S/C10H17N3O3/c1-14-6-8-4-9(13-7-12-8)11-5-10(15-2)16-3/h4,7,10H,5-6H2,1-3H3,(H,11,12,13). The Bertz CT molecular complexity index is 305. The second-order valence-electron chi connectivity index (χ2n) is 3.11. The highest BCUT2D eigenvalue weighted by atomic mass is 16.7. The van der Waals surface area contributed by atoms with Crippen LogP contribution in [-0.4, -0.2) is 44.1 Å². The van der Waals surface area contributed by atoms with Gasteiger partial charge in [-0.05, 0) is 0 Å². The Morgan fingerprint density at radius 2 is 2.00 bits per heavy atom. The maximum Gasteiger partial charge on any atom is 0.173 e. The molecule has 90 valence electrons. The first-order chi connectivity index (χ1) is 7.80. The van der Waals surface area contributed by atoms with Crippen LogP contribution in [0.3, 0.4) is 0 Å². The van der Waals surface area contributed by atoms with Gasteiger partial charge >= 0.3 is 0 Å². The fraction of sp³-hybridized carbons (Fsp3) is 0.600. The van der Waals surface area contributed by atoms with Gasteiger partial charge in [0.15, 0.2) is 6.29 Å². The molecule has 0 unspecified atom stereocenters. The van der Waals surface area contributed by atoms with Crippen LogP contribution in [0.2, 0.25) is 0 Å². The lowest BCUT2D eigenvalue weighted by atomic mass is 10.4. The van der Waals surface area contributed by atoms with Gasteiger partial charge in [-0.1, -0.05) is 0 Å². The van der Waals surface area contributed by atoms with Crippen molar-refractivity contribution in [2.24, 2.45) is 0 Å². The van der Waals surface area contributed by atoms with Crippen LogP contribution in [0.15, 0.2) is 12.4 Å². The molecule has 1 heterocycles. The molecule has 6 nitrogen and oxygen atoms in total. The summed E-state index contributed by atoms with van der Waals surface area (Å²) in [5.41, 5.74) is 0.825. The molecule has 16 heavy (non-hydrogen) atoms. The van der Waals surface area contributed by atoms with Gasteiger partial charge in [0.25, 0.3) is 0 Å². The minimum Gasteiger partial charge on any atom is -0.378 e. The van der Waals surface area contributed by atoms with Crippen molar-refractivity contribution >= 4 is 5.82 Å². The van der Waals surface area contributed by atoms with Crippen LogP contribution in [0.4, 0.5) is 5.82 Å². The molecule has 0 bridgehead atoms. The molecule has 0 fully saturated rings. The zero-order valence-corrected chi connectivity index (χ0v) is 9.77. The summed E-state index contributed by atoms with van der Waals surface area (Å²) < 4.78 is 15.1. The molecule has 0 aliphatic carbocycles. The van der Waals surface area contributed by atoms with Crippen LogP contribution < -0.4 is 5.32 Å². The van der Waals surface area contributed by atoms with Gasteiger partial charge in [-0.15, -0.1) is 0 Å². The van der Waals surface area contributed by atoms with Crippen LogP contribution in [0.1, 0.15) is 5.69 Å². The molecule has 0 aliphatic rings. The third kappa shape index (κ3) is 4.09. The number of ether oxygens (including phenoxy) is 3. The van der Waals surface area contributed by atoms with Gasteiger partial charge in [-0.25, -0.2) is 9.97 Å². The summed E-state index contributed by atoms with van der Waals surface area (Å²) in [5.74, 6) is 0.723. The molecule has 1 aromatic heterocycles. The SMILES string of the molecule is COCc1cc(NCC(OC)OC)ncn1. The van der Waals surface area contributed by atoms with Crippen LogP contribution in [0.25, 0.3) is 0 Å². The van der Waals surface area contributed by atoms with E-state index in [2.05, 4.69) is 15.3 Å². The molecule has 1 rings (SSSR count). The Morgan fingerprint density at radius 1 is 1.25 bits per heavy atom. The van der Waals surface area contributed by atoms with Crippen molar-refractivity contribution in [3.8, 4) is 0 Å². The fourth-order valence-corrected chi connectivity index (χ4v) is 1.17. The molecular formula is C10H17N3O3. The van der Waals surface area contributed by atoms with E-state index in [-0.39, 0.29) is 6.29 Å². The molecule has 0 saturated heterocycles. The Labute approximate surface area is 95.0 Å². The van der Waals surface area contributed by atoms with Gasteiger partial charge in [0.05, 0.1) is 18.8 Å². The quantitative estimate of drug-likeness (QED) is 0.690. The highest BCUT2D eigenvalue weighted by molar-refractivity contribution is 5.34. The summed E-state index contributed by atoms with van der Waals surface area (Å²) >= 11 is 0. The van der Waals surface area contributed by atoms with E-state index in [0.29, 0.717) is 13.2 Å². The molecule has 0 saturated carbocycles. The Balaban J connectivity index is 2.49. The van der Waals surface area contributed by atoms with Crippen molar-refractivity contribution in [3.63, 3.8) is 0 Å². The predicted octanol–water partition coefficient (Wildman–Crippen LogP) is 0.654. The first-order valence-electron chi connectivity index (χ1n) is 4.89. The summed E-state index contributed by atoms with van der Waals surface area (Å²) in [6.45, 7) is 0.992. The first kappa shape index (κ1) is 12.8. The average Bonchev–Trinajstić information content (AvgIpc) is 2.31. The minimum absolute atomic E-state index is 0.291. The van der Waals surface area contributed by atoms with E-state index in [1.165, 1.54) is 6.33 Å². The lowest BCUT2D eigenvalue weighted by Crippen LogP contribution is -2.24. The van der Waals surface area contributed by atoms with Crippen molar-refractivity contribution in [2.45, 2.75) is 12.9 Å². The topological polar surface area (TPSA) is 65.5 Å². The van der Waals surface area contributed by atoms with E-state index in [4.69, 9.17) is 14.2 Å². The normalized spacial score (nSPS) is 10.8. The summed E-state index contributed by atoms with van der Waals surface area (Å²) in [6, 6.07) is 1.83. The molecule has 0 aromatic carbocycles. The van der Waals surface area contributed by atoms with Crippen LogP contribution >= 0.6 is 0 Å². The van der Waals surface area contributed by atoms with Gasteiger partial charge in [0, 0.05) is 27.4 Å². The van der Waals surface area contributed by atoms with E-state index >= 15 is 0 Å². The van der Waals surface area contributed by atoms with E-state index < -0.39 is 0 Å². The zero-order valence-electron chi connectivity index (χ0n) is 9.77. The molecule has 0 atom stereocenters. The number of hydrogen-bond donors (Lipinski definition) is 1. The van der Waals surface area contributed by atoms with Gasteiger partial charge in [0.2, 0.25) is 0 Å². The fourth-order valence-electron chi connectivity index (χ4n) is 1.17. The van der Waals surface area contributed by atoms with Gasteiger partial charge in [-0.2, -0.15) is 0 Å². The molecule has 6 heteroatoms. The molecule has 0 amide bonds. The van der Waals surface area contributed by atoms with E-state index in [1.54, 1.807) is 21.3 Å². The minimum atomic E-state index is -0.291. The summed E-state index contributed by atoms with van der Waals surface area (Å²) in [4.78, 5) is 8.13. The van der Waals surface area contributed by atoms with Crippen molar-refractivity contribution < 1.29 is 14.2 Å². The van der Waals surface area contributed by atoms with Crippen LogP contribution in [0.5, 0.6) is 0 Å². The van der Waals surface area contributed by atoms with Gasteiger partial charge in [0.1, 0.15) is 12.1 Å². The van der Waals surface area contributed by atoms with Gasteiger partial charge < -0.3 is 19.5 Å². The Hall–Kier alpha value is -1.24. The maximum absolute atomic E-state index is 5.05. The third-order valence-corrected chi connectivity index (χ3v) is 1.99.